The number of rotatable bonds is 7. The number of urea groups is 1. The molecule has 0 aromatic carbocycles. The van der Waals surface area contributed by atoms with E-state index in [0.29, 0.717) is 12.6 Å². The van der Waals surface area contributed by atoms with Crippen molar-refractivity contribution in [2.45, 2.75) is 51.2 Å². The second kappa shape index (κ2) is 8.66. The van der Waals surface area contributed by atoms with E-state index in [1.165, 1.54) is 37.0 Å². The fourth-order valence-electron chi connectivity index (χ4n) is 3.12. The van der Waals surface area contributed by atoms with Crippen LogP contribution in [-0.2, 0) is 5.60 Å². The van der Waals surface area contributed by atoms with Crippen LogP contribution in [0.5, 0.6) is 0 Å². The molecular formula is C17H29N3O2S. The highest BCUT2D eigenvalue weighted by atomic mass is 32.1. The Hall–Kier alpha value is -1.11. The van der Waals surface area contributed by atoms with Gasteiger partial charge in [-0.25, -0.2) is 4.79 Å². The van der Waals surface area contributed by atoms with Gasteiger partial charge in [0.1, 0.15) is 5.60 Å². The third-order valence-corrected chi connectivity index (χ3v) is 5.32. The third kappa shape index (κ3) is 5.48. The highest BCUT2D eigenvalue weighted by Crippen LogP contribution is 2.22. The predicted molar refractivity (Wildman–Crippen MR) is 94.8 cm³/mol. The summed E-state index contributed by atoms with van der Waals surface area (Å²) in [6.07, 6.45) is 5.02. The lowest BCUT2D eigenvalue weighted by atomic mass is 9.99. The van der Waals surface area contributed by atoms with E-state index in [2.05, 4.69) is 22.5 Å². The highest BCUT2D eigenvalue weighted by Gasteiger charge is 2.24. The molecule has 0 bridgehead atoms. The molecule has 0 saturated carbocycles. The van der Waals surface area contributed by atoms with Crippen molar-refractivity contribution in [2.24, 2.45) is 0 Å². The van der Waals surface area contributed by atoms with Crippen LogP contribution in [0.2, 0.25) is 0 Å². The molecule has 6 heteroatoms. The molecule has 23 heavy (non-hydrogen) atoms. The normalized spacial score (nSPS) is 21.6. The summed E-state index contributed by atoms with van der Waals surface area (Å²) >= 11 is 1.54. The molecule has 2 heterocycles. The van der Waals surface area contributed by atoms with Crippen LogP contribution in [0.15, 0.2) is 16.8 Å². The van der Waals surface area contributed by atoms with Crippen molar-refractivity contribution in [1.82, 2.24) is 15.5 Å². The van der Waals surface area contributed by atoms with E-state index in [4.69, 9.17) is 0 Å². The number of nitrogens with one attached hydrogen (secondary N) is 2. The van der Waals surface area contributed by atoms with Crippen molar-refractivity contribution in [3.8, 4) is 0 Å². The molecule has 2 rings (SSSR count). The van der Waals surface area contributed by atoms with Crippen molar-refractivity contribution < 1.29 is 9.90 Å². The number of piperidine rings is 1. The first kappa shape index (κ1) is 18.2. The Morgan fingerprint density at radius 3 is 3.00 bits per heavy atom. The fourth-order valence-corrected chi connectivity index (χ4v) is 3.90. The second-order valence-electron chi connectivity index (χ2n) is 6.49. The number of hydrogen-bond donors (Lipinski definition) is 3. The van der Waals surface area contributed by atoms with Gasteiger partial charge in [-0.05, 0) is 55.1 Å². The molecule has 2 amide bonds. The molecule has 0 aliphatic carbocycles. The van der Waals surface area contributed by atoms with Gasteiger partial charge in [-0.2, -0.15) is 11.3 Å². The maximum Gasteiger partial charge on any atom is 0.314 e. The largest absolute Gasteiger partial charge is 0.384 e. The minimum Gasteiger partial charge on any atom is -0.384 e. The first-order valence-electron chi connectivity index (χ1n) is 8.53. The smallest absolute Gasteiger partial charge is 0.314 e. The van der Waals surface area contributed by atoms with Gasteiger partial charge in [0.15, 0.2) is 0 Å². The van der Waals surface area contributed by atoms with Gasteiger partial charge in [0.25, 0.3) is 0 Å². The summed E-state index contributed by atoms with van der Waals surface area (Å²) in [5.41, 5.74) is -0.195. The van der Waals surface area contributed by atoms with Crippen LogP contribution in [0, 0.1) is 0 Å². The zero-order valence-electron chi connectivity index (χ0n) is 14.2. The van der Waals surface area contributed by atoms with Crippen molar-refractivity contribution in [2.75, 3.05) is 26.2 Å². The number of thiophene rings is 1. The summed E-state index contributed by atoms with van der Waals surface area (Å²) < 4.78 is 0. The number of nitrogens with zero attached hydrogens (tertiary/aromatic N) is 1. The maximum absolute atomic E-state index is 11.9. The Balaban J connectivity index is 1.67. The van der Waals surface area contributed by atoms with Crippen molar-refractivity contribution >= 4 is 17.4 Å². The lowest BCUT2D eigenvalue weighted by Gasteiger charge is -2.35. The summed E-state index contributed by atoms with van der Waals surface area (Å²) in [7, 11) is 0. The first-order valence-corrected chi connectivity index (χ1v) is 9.48. The average Bonchev–Trinajstić information content (AvgIpc) is 3.09. The SMILES string of the molecule is CCC1CCCCN1CCNC(=O)NCC(C)(O)c1ccsc1. The molecule has 5 nitrogen and oxygen atoms in total. The number of likely N-dealkylation sites (tertiary alicyclic amines) is 1. The van der Waals surface area contributed by atoms with Crippen LogP contribution < -0.4 is 10.6 Å². The second-order valence-corrected chi connectivity index (χ2v) is 7.27. The van der Waals surface area contributed by atoms with E-state index in [9.17, 15) is 9.90 Å². The van der Waals surface area contributed by atoms with Gasteiger partial charge in [-0.3, -0.25) is 4.90 Å². The molecule has 130 valence electrons. The van der Waals surface area contributed by atoms with Crippen LogP contribution in [0.4, 0.5) is 4.79 Å². The fraction of sp³-hybridized carbons (Fsp3) is 0.706. The van der Waals surface area contributed by atoms with E-state index in [1.807, 2.05) is 16.8 Å². The Bertz CT molecular complexity index is 476. The molecule has 1 aromatic heterocycles. The lowest BCUT2D eigenvalue weighted by molar-refractivity contribution is 0.0597. The zero-order valence-corrected chi connectivity index (χ0v) is 15.0. The zero-order chi connectivity index (χ0) is 16.7. The molecule has 0 radical (unpaired) electrons. The summed E-state index contributed by atoms with van der Waals surface area (Å²) in [6.45, 7) is 6.83. The van der Waals surface area contributed by atoms with Gasteiger partial charge in [0.2, 0.25) is 0 Å². The highest BCUT2D eigenvalue weighted by molar-refractivity contribution is 7.08. The van der Waals surface area contributed by atoms with Crippen LogP contribution in [0.1, 0.15) is 45.1 Å². The van der Waals surface area contributed by atoms with Gasteiger partial charge in [-0.1, -0.05) is 13.3 Å². The van der Waals surface area contributed by atoms with E-state index < -0.39 is 5.60 Å². The van der Waals surface area contributed by atoms with Crippen molar-refractivity contribution in [3.05, 3.63) is 22.4 Å². The van der Waals surface area contributed by atoms with Gasteiger partial charge < -0.3 is 15.7 Å². The number of aliphatic hydroxyl groups is 1. The molecule has 1 aromatic rings. The molecule has 1 aliphatic heterocycles. The van der Waals surface area contributed by atoms with Crippen LogP contribution in [0.25, 0.3) is 0 Å². The first-order chi connectivity index (χ1) is 11.0. The van der Waals surface area contributed by atoms with Crippen molar-refractivity contribution in [3.63, 3.8) is 0 Å². The standard InChI is InChI=1S/C17H29N3O2S/c1-3-15-6-4-5-9-20(15)10-8-18-16(21)19-13-17(2,22)14-7-11-23-12-14/h7,11-12,15,22H,3-6,8-10,13H2,1-2H3,(H2,18,19,21). The molecule has 2 unspecified atom stereocenters. The number of hydrogen-bond acceptors (Lipinski definition) is 4. The van der Waals surface area contributed by atoms with Crippen LogP contribution >= 0.6 is 11.3 Å². The van der Waals surface area contributed by atoms with Gasteiger partial charge in [0.05, 0.1) is 6.54 Å². The third-order valence-electron chi connectivity index (χ3n) is 4.64. The Morgan fingerprint density at radius 1 is 1.48 bits per heavy atom. The summed E-state index contributed by atoms with van der Waals surface area (Å²) in [6, 6.07) is 2.32. The number of carbonyl (C=O) groups is 1. The van der Waals surface area contributed by atoms with Gasteiger partial charge in [0, 0.05) is 19.1 Å². The summed E-state index contributed by atoms with van der Waals surface area (Å²) in [4.78, 5) is 14.4. The van der Waals surface area contributed by atoms with E-state index in [0.717, 1.165) is 18.7 Å². The van der Waals surface area contributed by atoms with Crippen molar-refractivity contribution in [1.29, 1.82) is 0 Å². The lowest BCUT2D eigenvalue weighted by Crippen LogP contribution is -2.47. The molecule has 1 fully saturated rings. The molecule has 1 saturated heterocycles. The predicted octanol–water partition coefficient (Wildman–Crippen LogP) is 2.52. The topological polar surface area (TPSA) is 64.6 Å². The maximum atomic E-state index is 11.9. The minimum atomic E-state index is -1.03. The molecule has 2 atom stereocenters. The van der Waals surface area contributed by atoms with Gasteiger partial charge in [-0.15, -0.1) is 0 Å². The van der Waals surface area contributed by atoms with E-state index in [1.54, 1.807) is 6.92 Å². The number of carbonyl (C=O) groups excluding carboxylic acids is 1. The molecule has 1 aliphatic rings. The monoisotopic (exact) mass is 339 g/mol. The number of amides is 2. The summed E-state index contributed by atoms with van der Waals surface area (Å²) in [5, 5.41) is 19.9. The molecule has 3 N–H and O–H groups in total. The van der Waals surface area contributed by atoms with Crippen LogP contribution in [-0.4, -0.2) is 48.3 Å². The molecular weight excluding hydrogens is 310 g/mol. The molecule has 0 spiro atoms. The Labute approximate surface area is 143 Å². The quantitative estimate of drug-likeness (QED) is 0.715. The summed E-state index contributed by atoms with van der Waals surface area (Å²) in [5.74, 6) is 0. The van der Waals surface area contributed by atoms with Gasteiger partial charge >= 0.3 is 6.03 Å². The minimum absolute atomic E-state index is 0.205. The Kier molecular flexibility index (Phi) is 6.87. The van der Waals surface area contributed by atoms with E-state index in [-0.39, 0.29) is 12.6 Å². The Morgan fingerprint density at radius 2 is 2.30 bits per heavy atom. The average molecular weight is 340 g/mol. The van der Waals surface area contributed by atoms with Crippen LogP contribution in [0.3, 0.4) is 0 Å². The van der Waals surface area contributed by atoms with E-state index >= 15 is 0 Å².